The number of anilines is 2. The number of nitrogens with one attached hydrogen (secondary N) is 1. The number of carbonyl (C=O) groups is 2. The molecule has 1 aliphatic heterocycles. The molecule has 3 aromatic carbocycles. The minimum Gasteiger partial charge on any atom is -0.324 e. The van der Waals surface area contributed by atoms with Crippen molar-refractivity contribution < 1.29 is 9.59 Å². The van der Waals surface area contributed by atoms with Crippen molar-refractivity contribution in [1.29, 1.82) is 0 Å². The molecule has 0 unspecified atom stereocenters. The summed E-state index contributed by atoms with van der Waals surface area (Å²) in [6, 6.07) is 24.7. The smallest absolute Gasteiger partial charge is 0.249 e. The molecule has 1 heterocycles. The molecular formula is C27H27N3O2. The molecule has 0 radical (unpaired) electrons. The van der Waals surface area contributed by atoms with Crippen LogP contribution in [0, 0.1) is 0 Å². The first kappa shape index (κ1) is 21.5. The van der Waals surface area contributed by atoms with Gasteiger partial charge in [0.1, 0.15) is 12.6 Å². The van der Waals surface area contributed by atoms with E-state index in [-0.39, 0.29) is 18.4 Å². The Morgan fingerprint density at radius 2 is 1.66 bits per heavy atom. The van der Waals surface area contributed by atoms with Crippen molar-refractivity contribution in [2.45, 2.75) is 32.7 Å². The molecule has 1 aliphatic rings. The molecule has 5 nitrogen and oxygen atoms in total. The lowest BCUT2D eigenvalue weighted by Gasteiger charge is -2.30. The van der Waals surface area contributed by atoms with Gasteiger partial charge in [-0.05, 0) is 30.5 Å². The normalized spacial score (nSPS) is 14.2. The van der Waals surface area contributed by atoms with Crippen LogP contribution in [-0.2, 0) is 16.0 Å². The molecule has 0 fully saturated rings. The van der Waals surface area contributed by atoms with Crippen LogP contribution in [0.15, 0.2) is 83.9 Å². The topological polar surface area (TPSA) is 61.8 Å². The Hall–Kier alpha value is -3.73. The third-order valence-corrected chi connectivity index (χ3v) is 5.76. The number of aryl methyl sites for hydroxylation is 1. The molecule has 5 heteroatoms. The Bertz CT molecular complexity index is 1150. The summed E-state index contributed by atoms with van der Waals surface area (Å²) in [5.74, 6) is -0.381. The molecule has 1 atom stereocenters. The summed E-state index contributed by atoms with van der Waals surface area (Å²) in [4.78, 5) is 32.9. The number of fused-ring (bicyclic) bond motifs is 1. The Balaban J connectivity index is 1.72. The highest BCUT2D eigenvalue weighted by Crippen LogP contribution is 2.30. The minimum absolute atomic E-state index is 0.00572. The summed E-state index contributed by atoms with van der Waals surface area (Å²) < 4.78 is 0. The predicted molar refractivity (Wildman–Crippen MR) is 129 cm³/mol. The van der Waals surface area contributed by atoms with E-state index in [0.717, 1.165) is 34.5 Å². The van der Waals surface area contributed by atoms with Gasteiger partial charge in [-0.2, -0.15) is 0 Å². The zero-order valence-corrected chi connectivity index (χ0v) is 18.4. The molecule has 0 saturated heterocycles. The SMILES string of the molecule is CCc1ccccc1NC(=O)[C@H](CC)N1C(=O)CN=C(c2ccccc2)c2ccccc21. The number of nitrogens with zero attached hydrogens (tertiary/aromatic N) is 2. The molecule has 4 rings (SSSR count). The summed E-state index contributed by atoms with van der Waals surface area (Å²) in [7, 11) is 0. The van der Waals surface area contributed by atoms with Gasteiger partial charge in [0.25, 0.3) is 0 Å². The van der Waals surface area contributed by atoms with Crippen LogP contribution in [-0.4, -0.2) is 30.1 Å². The number of hydrogen-bond donors (Lipinski definition) is 1. The van der Waals surface area contributed by atoms with E-state index in [2.05, 4.69) is 17.2 Å². The van der Waals surface area contributed by atoms with Crippen LogP contribution in [0.2, 0.25) is 0 Å². The van der Waals surface area contributed by atoms with Crippen LogP contribution in [0.3, 0.4) is 0 Å². The summed E-state index contributed by atoms with van der Waals surface area (Å²) in [5.41, 5.74) is 5.13. The highest BCUT2D eigenvalue weighted by molar-refractivity contribution is 6.20. The van der Waals surface area contributed by atoms with Crippen LogP contribution in [0.25, 0.3) is 0 Å². The monoisotopic (exact) mass is 425 g/mol. The number of hydrogen-bond acceptors (Lipinski definition) is 3. The third-order valence-electron chi connectivity index (χ3n) is 5.76. The van der Waals surface area contributed by atoms with Gasteiger partial charge in [-0.1, -0.05) is 80.6 Å². The zero-order chi connectivity index (χ0) is 22.5. The molecule has 3 aromatic rings. The van der Waals surface area contributed by atoms with Gasteiger partial charge in [-0.25, -0.2) is 0 Å². The van der Waals surface area contributed by atoms with Crippen molar-refractivity contribution in [3.63, 3.8) is 0 Å². The summed E-state index contributed by atoms with van der Waals surface area (Å²) in [6.07, 6.45) is 1.30. The maximum Gasteiger partial charge on any atom is 0.249 e. The lowest BCUT2D eigenvalue weighted by Crippen LogP contribution is -2.48. The Labute approximate surface area is 188 Å². The number of benzodiazepines with no additional fused rings is 1. The molecule has 0 aromatic heterocycles. The van der Waals surface area contributed by atoms with E-state index < -0.39 is 6.04 Å². The van der Waals surface area contributed by atoms with Crippen LogP contribution in [0.1, 0.15) is 37.0 Å². The fourth-order valence-corrected chi connectivity index (χ4v) is 4.16. The van der Waals surface area contributed by atoms with Crippen molar-refractivity contribution in [2.75, 3.05) is 16.8 Å². The average Bonchev–Trinajstić information content (AvgIpc) is 2.97. The summed E-state index contributed by atoms with van der Waals surface area (Å²) >= 11 is 0. The first-order valence-electron chi connectivity index (χ1n) is 11.0. The Kier molecular flexibility index (Phi) is 6.45. The van der Waals surface area contributed by atoms with E-state index in [0.29, 0.717) is 12.1 Å². The largest absolute Gasteiger partial charge is 0.324 e. The van der Waals surface area contributed by atoms with Crippen molar-refractivity contribution in [1.82, 2.24) is 0 Å². The summed E-state index contributed by atoms with van der Waals surface area (Å²) in [5, 5.41) is 3.05. The second kappa shape index (κ2) is 9.60. The van der Waals surface area contributed by atoms with E-state index in [1.807, 2.05) is 85.8 Å². The van der Waals surface area contributed by atoms with E-state index in [9.17, 15) is 9.59 Å². The maximum atomic E-state index is 13.4. The number of rotatable bonds is 6. The van der Waals surface area contributed by atoms with E-state index in [4.69, 9.17) is 0 Å². The molecule has 32 heavy (non-hydrogen) atoms. The number of para-hydroxylation sites is 2. The van der Waals surface area contributed by atoms with Gasteiger partial charge >= 0.3 is 0 Å². The van der Waals surface area contributed by atoms with Crippen LogP contribution >= 0.6 is 0 Å². The lowest BCUT2D eigenvalue weighted by molar-refractivity contribution is -0.123. The van der Waals surface area contributed by atoms with Gasteiger partial charge in [0.15, 0.2) is 0 Å². The molecule has 0 saturated carbocycles. The van der Waals surface area contributed by atoms with Gasteiger partial charge in [-0.3, -0.25) is 19.5 Å². The first-order valence-corrected chi connectivity index (χ1v) is 11.0. The quantitative estimate of drug-likeness (QED) is 0.614. The van der Waals surface area contributed by atoms with Crippen LogP contribution in [0.4, 0.5) is 11.4 Å². The van der Waals surface area contributed by atoms with Gasteiger partial charge in [0.2, 0.25) is 11.8 Å². The Morgan fingerprint density at radius 1 is 0.969 bits per heavy atom. The predicted octanol–water partition coefficient (Wildman–Crippen LogP) is 4.85. The van der Waals surface area contributed by atoms with Gasteiger partial charge in [0.05, 0.1) is 11.4 Å². The average molecular weight is 426 g/mol. The van der Waals surface area contributed by atoms with Crippen LogP contribution < -0.4 is 10.2 Å². The highest BCUT2D eigenvalue weighted by Gasteiger charge is 2.33. The zero-order valence-electron chi connectivity index (χ0n) is 18.4. The van der Waals surface area contributed by atoms with Crippen molar-refractivity contribution in [2.24, 2.45) is 4.99 Å². The van der Waals surface area contributed by atoms with Crippen molar-refractivity contribution in [3.05, 3.63) is 95.6 Å². The van der Waals surface area contributed by atoms with Crippen molar-refractivity contribution >= 4 is 28.9 Å². The number of amides is 2. The van der Waals surface area contributed by atoms with Gasteiger partial charge < -0.3 is 5.32 Å². The fraction of sp³-hybridized carbons (Fsp3) is 0.222. The highest BCUT2D eigenvalue weighted by atomic mass is 16.2. The first-order chi connectivity index (χ1) is 15.6. The number of aliphatic imine (C=N–C) groups is 1. The molecule has 162 valence electrons. The fourth-order valence-electron chi connectivity index (χ4n) is 4.16. The van der Waals surface area contributed by atoms with Gasteiger partial charge in [0, 0.05) is 16.8 Å². The second-order valence-corrected chi connectivity index (χ2v) is 7.74. The van der Waals surface area contributed by atoms with E-state index >= 15 is 0 Å². The minimum atomic E-state index is -0.640. The number of benzene rings is 3. The van der Waals surface area contributed by atoms with Crippen LogP contribution in [0.5, 0.6) is 0 Å². The lowest BCUT2D eigenvalue weighted by atomic mass is 9.99. The maximum absolute atomic E-state index is 13.4. The second-order valence-electron chi connectivity index (χ2n) is 7.74. The van der Waals surface area contributed by atoms with E-state index in [1.54, 1.807) is 4.90 Å². The molecule has 0 spiro atoms. The number of carbonyl (C=O) groups excluding carboxylic acids is 2. The standard InChI is InChI=1S/C27H27N3O2/c1-3-19-12-8-10-16-22(19)29-27(32)23(4-2)30-24-17-11-9-15-21(24)26(28-18-25(30)31)20-13-6-5-7-14-20/h5-17,23H,3-4,18H2,1-2H3,(H,29,32)/t23-/m0/s1. The molecule has 1 N–H and O–H groups in total. The van der Waals surface area contributed by atoms with E-state index in [1.165, 1.54) is 0 Å². The molecule has 0 aliphatic carbocycles. The Morgan fingerprint density at radius 3 is 2.41 bits per heavy atom. The molecule has 2 amide bonds. The van der Waals surface area contributed by atoms with Gasteiger partial charge in [-0.15, -0.1) is 0 Å². The molecule has 0 bridgehead atoms. The third kappa shape index (κ3) is 4.19. The molecular weight excluding hydrogens is 398 g/mol. The van der Waals surface area contributed by atoms with Crippen molar-refractivity contribution in [3.8, 4) is 0 Å². The summed E-state index contributed by atoms with van der Waals surface area (Å²) in [6.45, 7) is 3.98.